The summed E-state index contributed by atoms with van der Waals surface area (Å²) in [5.74, 6) is 0. The highest BCUT2D eigenvalue weighted by molar-refractivity contribution is 6.39. The number of nitrogens with two attached hydrogens (primary N) is 1. The molecule has 0 heterocycles. The minimum absolute atomic E-state index is 0.525. The van der Waals surface area contributed by atoms with Crippen molar-refractivity contribution in [2.75, 3.05) is 30.8 Å². The zero-order valence-corrected chi connectivity index (χ0v) is 10.0. The average molecular weight is 249 g/mol. The number of ether oxygens (including phenoxy) is 1. The first-order valence-corrected chi connectivity index (χ1v) is 5.47. The number of nitrogen functional groups attached to an aromatic ring is 1. The van der Waals surface area contributed by atoms with Gasteiger partial charge >= 0.3 is 0 Å². The van der Waals surface area contributed by atoms with E-state index in [4.69, 9.17) is 33.7 Å². The van der Waals surface area contributed by atoms with Gasteiger partial charge in [0.2, 0.25) is 0 Å². The van der Waals surface area contributed by atoms with E-state index in [1.807, 2.05) is 6.92 Å². The van der Waals surface area contributed by atoms with Crippen molar-refractivity contribution in [1.29, 1.82) is 0 Å². The molecule has 3 nitrogen and oxygen atoms in total. The number of rotatable bonds is 5. The zero-order valence-electron chi connectivity index (χ0n) is 8.52. The number of nitrogens with one attached hydrogen (secondary N) is 1. The molecule has 0 unspecified atom stereocenters. The summed E-state index contributed by atoms with van der Waals surface area (Å²) in [5.41, 5.74) is 6.84. The molecule has 0 aliphatic heterocycles. The first-order valence-electron chi connectivity index (χ1n) is 4.71. The smallest absolute Gasteiger partial charge is 0.0721 e. The molecule has 0 aromatic heterocycles. The first-order chi connectivity index (χ1) is 7.15. The van der Waals surface area contributed by atoms with Gasteiger partial charge in [-0.2, -0.15) is 0 Å². The third-order valence-electron chi connectivity index (χ3n) is 1.82. The Labute approximate surface area is 99.5 Å². The third kappa shape index (κ3) is 3.78. The Balaban J connectivity index is 2.60. The lowest BCUT2D eigenvalue weighted by molar-refractivity contribution is 0.158. The second-order valence-corrected chi connectivity index (χ2v) is 3.80. The first kappa shape index (κ1) is 12.4. The molecule has 84 valence electrons. The van der Waals surface area contributed by atoms with Crippen molar-refractivity contribution in [3.8, 4) is 0 Å². The van der Waals surface area contributed by atoms with Gasteiger partial charge in [-0.15, -0.1) is 0 Å². The van der Waals surface area contributed by atoms with Crippen LogP contribution >= 0.6 is 23.2 Å². The van der Waals surface area contributed by atoms with E-state index >= 15 is 0 Å². The van der Waals surface area contributed by atoms with Crippen molar-refractivity contribution in [3.05, 3.63) is 22.2 Å². The van der Waals surface area contributed by atoms with Gasteiger partial charge in [0.25, 0.3) is 0 Å². The van der Waals surface area contributed by atoms with Crippen LogP contribution in [0.3, 0.4) is 0 Å². The SMILES string of the molecule is CCOCCNc1c(Cl)cc(N)cc1Cl. The van der Waals surface area contributed by atoms with Crippen LogP contribution in [0.2, 0.25) is 10.0 Å². The largest absolute Gasteiger partial charge is 0.399 e. The fraction of sp³-hybridized carbons (Fsp3) is 0.400. The fourth-order valence-corrected chi connectivity index (χ4v) is 1.79. The molecule has 1 aromatic carbocycles. The summed E-state index contributed by atoms with van der Waals surface area (Å²) in [4.78, 5) is 0. The molecular weight excluding hydrogens is 235 g/mol. The molecule has 0 aliphatic rings. The topological polar surface area (TPSA) is 47.3 Å². The molecule has 3 N–H and O–H groups in total. The summed E-state index contributed by atoms with van der Waals surface area (Å²) in [6.45, 7) is 3.93. The van der Waals surface area contributed by atoms with E-state index in [-0.39, 0.29) is 0 Å². The highest BCUT2D eigenvalue weighted by atomic mass is 35.5. The Hall–Kier alpha value is -0.640. The summed E-state index contributed by atoms with van der Waals surface area (Å²) >= 11 is 12.0. The van der Waals surface area contributed by atoms with Gasteiger partial charge in [-0.25, -0.2) is 0 Å². The summed E-state index contributed by atoms with van der Waals surface area (Å²) in [6.07, 6.45) is 0. The Morgan fingerprint density at radius 3 is 2.47 bits per heavy atom. The van der Waals surface area contributed by atoms with Crippen molar-refractivity contribution in [2.24, 2.45) is 0 Å². The van der Waals surface area contributed by atoms with E-state index < -0.39 is 0 Å². The molecule has 0 fully saturated rings. The third-order valence-corrected chi connectivity index (χ3v) is 2.41. The highest BCUT2D eigenvalue weighted by Crippen LogP contribution is 2.32. The molecule has 0 saturated heterocycles. The van der Waals surface area contributed by atoms with Gasteiger partial charge in [0.1, 0.15) is 0 Å². The van der Waals surface area contributed by atoms with Gasteiger partial charge in [-0.05, 0) is 19.1 Å². The molecule has 0 atom stereocenters. The van der Waals surface area contributed by atoms with Gasteiger partial charge in [-0.3, -0.25) is 0 Å². The number of hydrogen-bond acceptors (Lipinski definition) is 3. The van der Waals surface area contributed by atoms with Gasteiger partial charge in [-0.1, -0.05) is 23.2 Å². The van der Waals surface area contributed by atoms with E-state index in [0.717, 1.165) is 0 Å². The lowest BCUT2D eigenvalue weighted by atomic mass is 10.3. The molecule has 0 bridgehead atoms. The molecule has 0 spiro atoms. The van der Waals surface area contributed by atoms with Crippen LogP contribution < -0.4 is 11.1 Å². The fourth-order valence-electron chi connectivity index (χ4n) is 1.15. The minimum Gasteiger partial charge on any atom is -0.399 e. The van der Waals surface area contributed by atoms with Gasteiger partial charge in [0.15, 0.2) is 0 Å². The summed E-state index contributed by atoms with van der Waals surface area (Å²) in [6, 6.07) is 3.33. The van der Waals surface area contributed by atoms with E-state index in [1.54, 1.807) is 12.1 Å². The monoisotopic (exact) mass is 248 g/mol. The quantitative estimate of drug-likeness (QED) is 0.622. The van der Waals surface area contributed by atoms with E-state index in [1.165, 1.54) is 0 Å². The van der Waals surface area contributed by atoms with Gasteiger partial charge in [0, 0.05) is 18.8 Å². The lowest BCUT2D eigenvalue weighted by Crippen LogP contribution is -2.10. The van der Waals surface area contributed by atoms with E-state index in [0.29, 0.717) is 41.2 Å². The molecular formula is C10H14Cl2N2O. The molecule has 0 saturated carbocycles. The summed E-state index contributed by atoms with van der Waals surface area (Å²) < 4.78 is 5.19. The van der Waals surface area contributed by atoms with Crippen LogP contribution in [0, 0.1) is 0 Å². The summed E-state index contributed by atoms with van der Waals surface area (Å²) in [7, 11) is 0. The maximum absolute atomic E-state index is 5.98. The van der Waals surface area contributed by atoms with Crippen molar-refractivity contribution >= 4 is 34.6 Å². The molecule has 0 amide bonds. The number of benzene rings is 1. The maximum atomic E-state index is 5.98. The molecule has 0 radical (unpaired) electrons. The number of hydrogen-bond donors (Lipinski definition) is 2. The Morgan fingerprint density at radius 2 is 1.93 bits per heavy atom. The van der Waals surface area contributed by atoms with Crippen molar-refractivity contribution in [3.63, 3.8) is 0 Å². The Bertz CT molecular complexity index is 308. The van der Waals surface area contributed by atoms with Crippen LogP contribution in [-0.2, 0) is 4.74 Å². The number of anilines is 2. The highest BCUT2D eigenvalue weighted by Gasteiger charge is 2.06. The van der Waals surface area contributed by atoms with Crippen molar-refractivity contribution < 1.29 is 4.74 Å². The molecule has 0 aliphatic carbocycles. The Kier molecular flexibility index (Phi) is 5.02. The van der Waals surface area contributed by atoms with Crippen LogP contribution in [0.5, 0.6) is 0 Å². The van der Waals surface area contributed by atoms with Crippen LogP contribution in [0.25, 0.3) is 0 Å². The Morgan fingerprint density at radius 1 is 1.33 bits per heavy atom. The predicted octanol–water partition coefficient (Wildman–Crippen LogP) is 3.02. The molecule has 5 heteroatoms. The predicted molar refractivity (Wildman–Crippen MR) is 65.9 cm³/mol. The normalized spacial score (nSPS) is 10.3. The van der Waals surface area contributed by atoms with E-state index in [2.05, 4.69) is 5.32 Å². The van der Waals surface area contributed by atoms with Crippen molar-refractivity contribution in [1.82, 2.24) is 0 Å². The molecule has 1 rings (SSSR count). The molecule has 1 aromatic rings. The lowest BCUT2D eigenvalue weighted by Gasteiger charge is -2.11. The zero-order chi connectivity index (χ0) is 11.3. The number of halogens is 2. The molecule has 15 heavy (non-hydrogen) atoms. The van der Waals surface area contributed by atoms with Crippen LogP contribution in [0.15, 0.2) is 12.1 Å². The van der Waals surface area contributed by atoms with Gasteiger partial charge in [0.05, 0.1) is 22.3 Å². The average Bonchev–Trinajstić information content (AvgIpc) is 2.15. The standard InChI is InChI=1S/C10H14Cl2N2O/c1-2-15-4-3-14-10-8(11)5-7(13)6-9(10)12/h5-6,14H,2-4,13H2,1H3. The minimum atomic E-state index is 0.525. The second kappa shape index (κ2) is 6.05. The second-order valence-electron chi connectivity index (χ2n) is 2.98. The van der Waals surface area contributed by atoms with Crippen LogP contribution in [0.1, 0.15) is 6.92 Å². The maximum Gasteiger partial charge on any atom is 0.0721 e. The van der Waals surface area contributed by atoms with Crippen LogP contribution in [0.4, 0.5) is 11.4 Å². The summed E-state index contributed by atoms with van der Waals surface area (Å²) in [5, 5.41) is 4.15. The van der Waals surface area contributed by atoms with Gasteiger partial charge < -0.3 is 15.8 Å². The van der Waals surface area contributed by atoms with Crippen LogP contribution in [-0.4, -0.2) is 19.8 Å². The van der Waals surface area contributed by atoms with E-state index in [9.17, 15) is 0 Å². The van der Waals surface area contributed by atoms with Crippen molar-refractivity contribution in [2.45, 2.75) is 6.92 Å².